The second-order valence-electron chi connectivity index (χ2n) is 8.74. The number of hydrogen-bond donors (Lipinski definition) is 1. The van der Waals surface area contributed by atoms with Crippen LogP contribution in [0, 0.1) is 6.92 Å². The Hall–Kier alpha value is -3.48. The highest BCUT2D eigenvalue weighted by Gasteiger charge is 2.39. The standard InChI is InChI=1S/C23H22N4O7S/c1-13-20-17(3-2-4-18(20)34-25-13)21(28)23(29)26-9-14-11-27(12-15(14)10-26)35(30,31)16-7-19-22(24-8-16)33-6-5-32-19/h2-4,7-8,21,28H,5-6,9-12H2,1H3. The van der Waals surface area contributed by atoms with Gasteiger partial charge in [-0.15, -0.1) is 0 Å². The van der Waals surface area contributed by atoms with Crippen LogP contribution in [0.4, 0.5) is 0 Å². The Labute approximate surface area is 200 Å². The van der Waals surface area contributed by atoms with Crippen LogP contribution in [0.25, 0.3) is 11.0 Å². The predicted molar refractivity (Wildman–Crippen MR) is 121 cm³/mol. The number of fused-ring (bicyclic) bond motifs is 2. The largest absolute Gasteiger partial charge is 0.484 e. The van der Waals surface area contributed by atoms with E-state index in [1.54, 1.807) is 30.0 Å². The summed E-state index contributed by atoms with van der Waals surface area (Å²) in [5, 5.41) is 15.4. The fourth-order valence-corrected chi connectivity index (χ4v) is 6.18. The number of hydrogen-bond acceptors (Lipinski definition) is 9. The minimum Gasteiger partial charge on any atom is -0.484 e. The molecule has 0 aliphatic carbocycles. The molecule has 12 heteroatoms. The predicted octanol–water partition coefficient (Wildman–Crippen LogP) is 1.18. The Morgan fingerprint density at radius 3 is 2.63 bits per heavy atom. The number of aliphatic hydroxyl groups is 1. The molecule has 3 aromatic rings. The number of nitrogens with zero attached hydrogens (tertiary/aromatic N) is 4. The minimum absolute atomic E-state index is 0.0310. The van der Waals surface area contributed by atoms with E-state index in [0.29, 0.717) is 41.2 Å². The number of aryl methyl sites for hydroxylation is 1. The van der Waals surface area contributed by atoms with Crippen molar-refractivity contribution in [1.82, 2.24) is 19.3 Å². The molecule has 182 valence electrons. The van der Waals surface area contributed by atoms with E-state index in [1.165, 1.54) is 16.6 Å². The number of amides is 1. The van der Waals surface area contributed by atoms with Crippen molar-refractivity contribution < 1.29 is 32.3 Å². The highest BCUT2D eigenvalue weighted by Crippen LogP contribution is 2.35. The van der Waals surface area contributed by atoms with Crippen molar-refractivity contribution in [1.29, 1.82) is 0 Å². The Bertz CT molecular complexity index is 1480. The van der Waals surface area contributed by atoms with Crippen molar-refractivity contribution in [2.45, 2.75) is 17.9 Å². The Morgan fingerprint density at radius 2 is 1.86 bits per heavy atom. The maximum Gasteiger partial charge on any atom is 0.257 e. The van der Waals surface area contributed by atoms with Gasteiger partial charge in [0.15, 0.2) is 17.4 Å². The van der Waals surface area contributed by atoms with Gasteiger partial charge in [-0.25, -0.2) is 13.4 Å². The molecule has 0 radical (unpaired) electrons. The number of pyridine rings is 1. The van der Waals surface area contributed by atoms with E-state index in [2.05, 4.69) is 10.1 Å². The molecule has 5 heterocycles. The lowest BCUT2D eigenvalue weighted by Crippen LogP contribution is -2.38. The van der Waals surface area contributed by atoms with Crippen LogP contribution in [-0.4, -0.2) is 78.2 Å². The van der Waals surface area contributed by atoms with E-state index < -0.39 is 22.0 Å². The number of sulfonamides is 1. The van der Waals surface area contributed by atoms with Crippen molar-refractivity contribution in [2.24, 2.45) is 0 Å². The molecule has 1 amide bonds. The minimum atomic E-state index is -3.81. The highest BCUT2D eigenvalue weighted by molar-refractivity contribution is 7.89. The van der Waals surface area contributed by atoms with E-state index in [-0.39, 0.29) is 37.0 Å². The molecular formula is C23H22N4O7S. The van der Waals surface area contributed by atoms with Gasteiger partial charge in [0.1, 0.15) is 18.1 Å². The number of aromatic nitrogens is 2. The number of benzene rings is 1. The van der Waals surface area contributed by atoms with Gasteiger partial charge in [-0.3, -0.25) is 4.79 Å². The fraction of sp³-hybridized carbons (Fsp3) is 0.348. The molecule has 0 saturated heterocycles. The van der Waals surface area contributed by atoms with Crippen LogP contribution < -0.4 is 9.47 Å². The van der Waals surface area contributed by atoms with E-state index in [1.807, 2.05) is 0 Å². The number of aliphatic hydroxyl groups excluding tert-OH is 1. The maximum absolute atomic E-state index is 13.2. The van der Waals surface area contributed by atoms with Gasteiger partial charge in [-0.2, -0.15) is 4.31 Å². The molecular weight excluding hydrogens is 476 g/mol. The molecule has 6 rings (SSSR count). The first-order valence-corrected chi connectivity index (χ1v) is 12.5. The first-order chi connectivity index (χ1) is 16.8. The van der Waals surface area contributed by atoms with Gasteiger partial charge in [0.05, 0.1) is 17.3 Å². The van der Waals surface area contributed by atoms with Crippen molar-refractivity contribution in [2.75, 3.05) is 39.4 Å². The molecule has 1 N–H and O–H groups in total. The zero-order valence-corrected chi connectivity index (χ0v) is 19.6. The van der Waals surface area contributed by atoms with Crippen LogP contribution in [0.5, 0.6) is 11.6 Å². The van der Waals surface area contributed by atoms with Gasteiger partial charge in [0, 0.05) is 37.8 Å². The average Bonchev–Trinajstić information content (AvgIpc) is 3.56. The van der Waals surface area contributed by atoms with Gasteiger partial charge in [0.2, 0.25) is 10.0 Å². The zero-order chi connectivity index (χ0) is 24.3. The lowest BCUT2D eigenvalue weighted by atomic mass is 10.0. The van der Waals surface area contributed by atoms with E-state index in [9.17, 15) is 18.3 Å². The first-order valence-electron chi connectivity index (χ1n) is 11.1. The summed E-state index contributed by atoms with van der Waals surface area (Å²) < 4.78 is 43.9. The first kappa shape index (κ1) is 22.0. The zero-order valence-electron chi connectivity index (χ0n) is 18.8. The fourth-order valence-electron chi connectivity index (χ4n) is 4.79. The topological polar surface area (TPSA) is 135 Å². The van der Waals surface area contributed by atoms with E-state index >= 15 is 0 Å². The van der Waals surface area contributed by atoms with Gasteiger partial charge >= 0.3 is 0 Å². The van der Waals surface area contributed by atoms with Crippen LogP contribution in [0.1, 0.15) is 17.4 Å². The third-order valence-corrected chi connectivity index (χ3v) is 8.31. The van der Waals surface area contributed by atoms with E-state index in [0.717, 1.165) is 11.1 Å². The molecule has 0 spiro atoms. The molecule has 1 atom stereocenters. The molecule has 1 aromatic carbocycles. The average molecular weight is 499 g/mol. The molecule has 3 aliphatic rings. The molecule has 1 unspecified atom stereocenters. The normalized spacial score (nSPS) is 18.9. The van der Waals surface area contributed by atoms with Gasteiger partial charge < -0.3 is 24.0 Å². The second-order valence-corrected chi connectivity index (χ2v) is 10.7. The molecule has 2 aromatic heterocycles. The van der Waals surface area contributed by atoms with Crippen LogP contribution in [-0.2, 0) is 14.8 Å². The monoisotopic (exact) mass is 498 g/mol. The van der Waals surface area contributed by atoms with Crippen LogP contribution in [0.3, 0.4) is 0 Å². The summed E-state index contributed by atoms with van der Waals surface area (Å²) in [5.74, 6) is 0.140. The summed E-state index contributed by atoms with van der Waals surface area (Å²) in [6.07, 6.45) is -0.105. The molecule has 3 aliphatic heterocycles. The smallest absolute Gasteiger partial charge is 0.257 e. The number of carbonyl (C=O) groups excluding carboxylic acids is 1. The van der Waals surface area contributed by atoms with Crippen molar-refractivity contribution in [3.63, 3.8) is 0 Å². The summed E-state index contributed by atoms with van der Waals surface area (Å²) in [6, 6.07) is 6.55. The van der Waals surface area contributed by atoms with Gasteiger partial charge in [0.25, 0.3) is 11.8 Å². The summed E-state index contributed by atoms with van der Waals surface area (Å²) in [4.78, 5) is 18.8. The molecule has 0 fully saturated rings. The van der Waals surface area contributed by atoms with Crippen molar-refractivity contribution >= 4 is 26.9 Å². The third-order valence-electron chi connectivity index (χ3n) is 6.55. The summed E-state index contributed by atoms with van der Waals surface area (Å²) in [5.41, 5.74) is 3.26. The van der Waals surface area contributed by atoms with Crippen LogP contribution in [0.2, 0.25) is 0 Å². The van der Waals surface area contributed by atoms with E-state index in [4.69, 9.17) is 14.0 Å². The SMILES string of the molecule is Cc1noc2cccc(C(O)C(=O)N3CC4=C(C3)CN(S(=O)(=O)c3cnc5c(c3)OCCO5)C4)c12. The summed E-state index contributed by atoms with van der Waals surface area (Å²) >= 11 is 0. The molecule has 35 heavy (non-hydrogen) atoms. The van der Waals surface area contributed by atoms with Gasteiger partial charge in [-0.1, -0.05) is 17.3 Å². The summed E-state index contributed by atoms with van der Waals surface area (Å²) in [7, 11) is -3.81. The summed E-state index contributed by atoms with van der Waals surface area (Å²) in [6.45, 7) is 3.32. The Balaban J connectivity index is 1.16. The third kappa shape index (κ3) is 3.56. The second kappa shape index (κ2) is 8.04. The number of rotatable bonds is 4. The lowest BCUT2D eigenvalue weighted by molar-refractivity contribution is -0.139. The Kier molecular flexibility index (Phi) is 5.06. The molecule has 11 nitrogen and oxygen atoms in total. The maximum atomic E-state index is 13.2. The molecule has 0 bridgehead atoms. The quantitative estimate of drug-likeness (QED) is 0.526. The number of carbonyl (C=O) groups is 1. The number of ether oxygens (including phenoxy) is 2. The Morgan fingerprint density at radius 1 is 1.11 bits per heavy atom. The van der Waals surface area contributed by atoms with Gasteiger partial charge in [-0.05, 0) is 24.1 Å². The van der Waals surface area contributed by atoms with Crippen molar-refractivity contribution in [3.05, 3.63) is 52.9 Å². The van der Waals surface area contributed by atoms with Crippen molar-refractivity contribution in [3.8, 4) is 11.6 Å². The lowest BCUT2D eigenvalue weighted by Gasteiger charge is -2.25. The van der Waals surface area contributed by atoms with Crippen LogP contribution >= 0.6 is 0 Å². The highest BCUT2D eigenvalue weighted by atomic mass is 32.2. The van der Waals surface area contributed by atoms with Crippen LogP contribution in [0.15, 0.2) is 51.0 Å². The molecule has 0 saturated carbocycles.